The molecule has 2 heterocycles. The van der Waals surface area contributed by atoms with Crippen molar-refractivity contribution in [3.05, 3.63) is 59.7 Å². The van der Waals surface area contributed by atoms with Gasteiger partial charge >= 0.3 is 0 Å². The van der Waals surface area contributed by atoms with Crippen LogP contribution in [0.3, 0.4) is 0 Å². The Morgan fingerprint density at radius 1 is 1.15 bits per heavy atom. The maximum atomic E-state index is 13.6. The first kappa shape index (κ1) is 18.0. The van der Waals surface area contributed by atoms with E-state index in [9.17, 15) is 22.4 Å². The molecule has 0 saturated carbocycles. The maximum Gasteiger partial charge on any atom is 0.270 e. The first-order valence-corrected chi connectivity index (χ1v) is 9.69. The second-order valence-corrected chi connectivity index (χ2v) is 8.17. The molecule has 2 N–H and O–H groups in total. The van der Waals surface area contributed by atoms with Crippen molar-refractivity contribution in [2.75, 3.05) is 16.8 Å². The van der Waals surface area contributed by atoms with Crippen LogP contribution in [0.15, 0.2) is 42.6 Å². The van der Waals surface area contributed by atoms with Gasteiger partial charge in [-0.25, -0.2) is 12.8 Å². The summed E-state index contributed by atoms with van der Waals surface area (Å²) in [6, 6.07) is 7.93. The Morgan fingerprint density at radius 2 is 1.92 bits per heavy atom. The molecule has 3 rings (SSSR count). The van der Waals surface area contributed by atoms with E-state index in [1.54, 1.807) is 6.07 Å². The van der Waals surface area contributed by atoms with Gasteiger partial charge in [-0.05, 0) is 30.7 Å². The molecule has 1 aliphatic heterocycles. The van der Waals surface area contributed by atoms with Crippen LogP contribution in [0.2, 0.25) is 0 Å². The number of nitrogens with one attached hydrogen (secondary N) is 2. The number of para-hydroxylation sites is 1. The summed E-state index contributed by atoms with van der Waals surface area (Å²) in [6.45, 7) is 0. The fourth-order valence-electron chi connectivity index (χ4n) is 2.62. The van der Waals surface area contributed by atoms with Gasteiger partial charge in [0.05, 0.1) is 17.2 Å². The molecule has 0 aliphatic carbocycles. The van der Waals surface area contributed by atoms with Crippen molar-refractivity contribution >= 4 is 27.3 Å². The van der Waals surface area contributed by atoms with Crippen LogP contribution in [0.25, 0.3) is 0 Å². The highest BCUT2D eigenvalue weighted by Gasteiger charge is 2.29. The molecule has 0 bridgehead atoms. The lowest BCUT2D eigenvalue weighted by molar-refractivity contribution is 0.0936. The van der Waals surface area contributed by atoms with Gasteiger partial charge in [0.25, 0.3) is 11.8 Å². The fraction of sp³-hybridized carbons (Fsp3) is 0.235. The zero-order valence-corrected chi connectivity index (χ0v) is 14.4. The Labute approximate surface area is 149 Å². The van der Waals surface area contributed by atoms with E-state index in [2.05, 4.69) is 15.6 Å². The molecule has 1 saturated heterocycles. The molecule has 1 aliphatic rings. The van der Waals surface area contributed by atoms with Crippen molar-refractivity contribution in [3.63, 3.8) is 0 Å². The van der Waals surface area contributed by atoms with E-state index < -0.39 is 33.5 Å². The summed E-state index contributed by atoms with van der Waals surface area (Å²) >= 11 is 0. The van der Waals surface area contributed by atoms with Crippen LogP contribution in [0.5, 0.6) is 0 Å². The van der Waals surface area contributed by atoms with Gasteiger partial charge in [-0.2, -0.15) is 0 Å². The number of hydrogen-bond acceptors (Lipinski definition) is 5. The van der Waals surface area contributed by atoms with Gasteiger partial charge in [0.2, 0.25) is 0 Å². The molecule has 136 valence electrons. The number of halogens is 1. The number of pyridine rings is 1. The van der Waals surface area contributed by atoms with Crippen LogP contribution in [-0.2, 0) is 9.84 Å². The second-order valence-electron chi connectivity index (χ2n) is 5.94. The maximum absolute atomic E-state index is 13.6. The Bertz CT molecular complexity index is 962. The van der Waals surface area contributed by atoms with E-state index in [4.69, 9.17) is 0 Å². The van der Waals surface area contributed by atoms with Crippen LogP contribution in [-0.4, -0.2) is 42.8 Å². The summed E-state index contributed by atoms with van der Waals surface area (Å²) < 4.78 is 36.5. The molecule has 9 heteroatoms. The molecule has 1 aromatic heterocycles. The minimum atomic E-state index is -3.12. The van der Waals surface area contributed by atoms with Crippen LogP contribution in [0.1, 0.15) is 27.3 Å². The van der Waals surface area contributed by atoms with Gasteiger partial charge in [0, 0.05) is 17.8 Å². The lowest BCUT2D eigenvalue weighted by Crippen LogP contribution is -2.36. The summed E-state index contributed by atoms with van der Waals surface area (Å²) in [5.41, 5.74) is 0.138. The molecule has 1 atom stereocenters. The van der Waals surface area contributed by atoms with Crippen molar-refractivity contribution in [1.29, 1.82) is 0 Å². The summed E-state index contributed by atoms with van der Waals surface area (Å²) in [5, 5.41) is 5.03. The number of amides is 2. The van der Waals surface area contributed by atoms with Crippen LogP contribution in [0.4, 0.5) is 10.1 Å². The quantitative estimate of drug-likeness (QED) is 0.838. The van der Waals surface area contributed by atoms with Crippen molar-refractivity contribution in [2.45, 2.75) is 12.5 Å². The van der Waals surface area contributed by atoms with E-state index in [-0.39, 0.29) is 28.5 Å². The normalized spacial score (nSPS) is 18.3. The second kappa shape index (κ2) is 7.20. The largest absolute Gasteiger partial charge is 0.347 e. The first-order valence-electron chi connectivity index (χ1n) is 7.87. The molecule has 2 aromatic rings. The van der Waals surface area contributed by atoms with Gasteiger partial charge in [-0.15, -0.1) is 0 Å². The number of rotatable bonds is 4. The first-order chi connectivity index (χ1) is 12.3. The topological polar surface area (TPSA) is 105 Å². The highest BCUT2D eigenvalue weighted by molar-refractivity contribution is 7.91. The number of carbonyl (C=O) groups excluding carboxylic acids is 2. The Balaban J connectivity index is 1.70. The fourth-order valence-corrected chi connectivity index (χ4v) is 4.29. The predicted octanol–water partition coefficient (Wildman–Crippen LogP) is 1.39. The Hall–Kier alpha value is -2.81. The highest BCUT2D eigenvalue weighted by Crippen LogP contribution is 2.15. The Kier molecular flexibility index (Phi) is 4.99. The average Bonchev–Trinajstić information content (AvgIpc) is 2.95. The van der Waals surface area contributed by atoms with Gasteiger partial charge in [0.15, 0.2) is 9.84 Å². The number of benzene rings is 1. The third-order valence-electron chi connectivity index (χ3n) is 3.94. The number of aromatic nitrogens is 1. The predicted molar refractivity (Wildman–Crippen MR) is 93.1 cm³/mol. The number of carbonyl (C=O) groups is 2. The SMILES string of the molecule is O=C(Nc1ccccc1F)c1ccnc(C(=O)NC2CCS(=O)(=O)C2)c1. The number of hydrogen-bond donors (Lipinski definition) is 2. The summed E-state index contributed by atoms with van der Waals surface area (Å²) in [4.78, 5) is 28.4. The van der Waals surface area contributed by atoms with Crippen LogP contribution < -0.4 is 10.6 Å². The number of anilines is 1. The van der Waals surface area contributed by atoms with Crippen molar-refractivity contribution < 1.29 is 22.4 Å². The van der Waals surface area contributed by atoms with E-state index >= 15 is 0 Å². The molecule has 1 unspecified atom stereocenters. The molecule has 1 aromatic carbocycles. The molecule has 0 spiro atoms. The Morgan fingerprint density at radius 3 is 2.62 bits per heavy atom. The van der Waals surface area contributed by atoms with Crippen molar-refractivity contribution in [3.8, 4) is 0 Å². The summed E-state index contributed by atoms with van der Waals surface area (Å²) in [6.07, 6.45) is 1.64. The third kappa shape index (κ3) is 4.23. The van der Waals surface area contributed by atoms with Crippen molar-refractivity contribution in [1.82, 2.24) is 10.3 Å². The van der Waals surface area contributed by atoms with Crippen LogP contribution in [0, 0.1) is 5.82 Å². The summed E-state index contributed by atoms with van der Waals surface area (Å²) in [7, 11) is -3.12. The van der Waals surface area contributed by atoms with E-state index in [0.29, 0.717) is 6.42 Å². The number of nitrogens with zero attached hydrogens (tertiary/aromatic N) is 1. The van der Waals surface area contributed by atoms with E-state index in [1.165, 1.54) is 36.5 Å². The molecule has 7 nitrogen and oxygen atoms in total. The minimum absolute atomic E-state index is 0.0181. The van der Waals surface area contributed by atoms with Crippen molar-refractivity contribution in [2.24, 2.45) is 0 Å². The molecule has 1 fully saturated rings. The smallest absolute Gasteiger partial charge is 0.270 e. The standard InChI is InChI=1S/C17H16FN3O4S/c18-13-3-1-2-4-14(13)21-16(22)11-5-7-19-15(9-11)17(23)20-12-6-8-26(24,25)10-12/h1-5,7,9,12H,6,8,10H2,(H,20,23)(H,21,22). The zero-order chi connectivity index (χ0) is 18.7. The van der Waals surface area contributed by atoms with Gasteiger partial charge < -0.3 is 10.6 Å². The van der Waals surface area contributed by atoms with Crippen LogP contribution >= 0.6 is 0 Å². The monoisotopic (exact) mass is 377 g/mol. The van der Waals surface area contributed by atoms with Gasteiger partial charge in [-0.1, -0.05) is 12.1 Å². The highest BCUT2D eigenvalue weighted by atomic mass is 32.2. The third-order valence-corrected chi connectivity index (χ3v) is 5.71. The summed E-state index contributed by atoms with van der Waals surface area (Å²) in [5.74, 6) is -1.79. The van der Waals surface area contributed by atoms with E-state index in [1.807, 2.05) is 0 Å². The molecule has 26 heavy (non-hydrogen) atoms. The van der Waals surface area contributed by atoms with E-state index in [0.717, 1.165) is 0 Å². The molecule has 2 amide bonds. The zero-order valence-electron chi connectivity index (χ0n) is 13.6. The lowest BCUT2D eigenvalue weighted by atomic mass is 10.2. The lowest BCUT2D eigenvalue weighted by Gasteiger charge is -2.11. The molecular formula is C17H16FN3O4S. The van der Waals surface area contributed by atoms with Gasteiger partial charge in [0.1, 0.15) is 11.5 Å². The molecule has 0 radical (unpaired) electrons. The minimum Gasteiger partial charge on any atom is -0.347 e. The average molecular weight is 377 g/mol. The number of sulfone groups is 1. The molecular weight excluding hydrogens is 361 g/mol. The van der Waals surface area contributed by atoms with Gasteiger partial charge in [-0.3, -0.25) is 14.6 Å².